The van der Waals surface area contributed by atoms with Crippen LogP contribution in [0.3, 0.4) is 0 Å². The summed E-state index contributed by atoms with van der Waals surface area (Å²) in [6.07, 6.45) is 1.96. The fourth-order valence-electron chi connectivity index (χ4n) is 2.42. The lowest BCUT2D eigenvalue weighted by atomic mass is 10.1. The highest BCUT2D eigenvalue weighted by molar-refractivity contribution is 5.81. The molecular weight excluding hydrogens is 272 g/mol. The Morgan fingerprint density at radius 1 is 1.00 bits per heavy atom. The monoisotopic (exact) mass is 296 g/mol. The van der Waals surface area contributed by atoms with E-state index in [-0.39, 0.29) is 5.91 Å². The van der Waals surface area contributed by atoms with Crippen molar-refractivity contribution in [1.82, 2.24) is 5.32 Å². The number of amides is 1. The second-order valence-corrected chi connectivity index (χ2v) is 5.29. The van der Waals surface area contributed by atoms with Crippen LogP contribution in [-0.2, 0) is 11.2 Å². The number of carbonyl (C=O) groups is 1. The first kappa shape index (κ1) is 16.1. The number of hydrogen-bond donors (Lipinski definition) is 1. The summed E-state index contributed by atoms with van der Waals surface area (Å²) in [5.74, 6) is 0.0822. The Morgan fingerprint density at radius 2 is 1.64 bits per heavy atom. The van der Waals surface area contributed by atoms with Crippen LogP contribution in [-0.4, -0.2) is 25.5 Å². The fraction of sp³-hybridized carbons (Fsp3) is 0.316. The van der Waals surface area contributed by atoms with E-state index >= 15 is 0 Å². The van der Waals surface area contributed by atoms with Gasteiger partial charge < -0.3 is 10.2 Å². The van der Waals surface area contributed by atoms with Crippen molar-refractivity contribution in [3.63, 3.8) is 0 Å². The van der Waals surface area contributed by atoms with E-state index in [9.17, 15) is 4.79 Å². The number of anilines is 1. The molecule has 0 atom stereocenters. The Bertz CT molecular complexity index is 554. The lowest BCUT2D eigenvalue weighted by Crippen LogP contribution is -2.37. The van der Waals surface area contributed by atoms with Crippen molar-refractivity contribution >= 4 is 11.6 Å². The first-order chi connectivity index (χ1) is 10.8. The topological polar surface area (TPSA) is 32.3 Å². The standard InChI is InChI=1S/C19H24N2O/c1-2-21(18-13-7-4-8-14-18)16-19(22)20-15-9-12-17-10-5-3-6-11-17/h3-8,10-11,13-14H,2,9,12,15-16H2,1H3,(H,20,22). The number of likely N-dealkylation sites (N-methyl/N-ethyl adjacent to an activating group) is 1. The summed E-state index contributed by atoms with van der Waals surface area (Å²) in [6, 6.07) is 20.4. The van der Waals surface area contributed by atoms with Gasteiger partial charge in [-0.15, -0.1) is 0 Å². The number of nitrogens with zero attached hydrogens (tertiary/aromatic N) is 1. The number of para-hydroxylation sites is 1. The Morgan fingerprint density at radius 3 is 2.27 bits per heavy atom. The van der Waals surface area contributed by atoms with Gasteiger partial charge >= 0.3 is 0 Å². The molecule has 3 heteroatoms. The van der Waals surface area contributed by atoms with Crippen molar-refractivity contribution in [1.29, 1.82) is 0 Å². The average Bonchev–Trinajstić information content (AvgIpc) is 2.58. The van der Waals surface area contributed by atoms with Gasteiger partial charge in [-0.1, -0.05) is 48.5 Å². The molecule has 0 spiro atoms. The van der Waals surface area contributed by atoms with E-state index < -0.39 is 0 Å². The molecule has 2 aromatic carbocycles. The zero-order valence-electron chi connectivity index (χ0n) is 13.2. The number of nitrogens with one attached hydrogen (secondary N) is 1. The Hall–Kier alpha value is -2.29. The Labute approximate surface area is 133 Å². The zero-order valence-corrected chi connectivity index (χ0v) is 13.2. The number of aryl methyl sites for hydroxylation is 1. The molecule has 0 unspecified atom stereocenters. The molecule has 0 heterocycles. The molecule has 3 nitrogen and oxygen atoms in total. The third kappa shape index (κ3) is 5.24. The molecule has 2 aromatic rings. The van der Waals surface area contributed by atoms with Crippen LogP contribution >= 0.6 is 0 Å². The highest BCUT2D eigenvalue weighted by atomic mass is 16.2. The molecule has 0 bridgehead atoms. The van der Waals surface area contributed by atoms with E-state index in [1.54, 1.807) is 0 Å². The summed E-state index contributed by atoms with van der Waals surface area (Å²) in [5.41, 5.74) is 2.40. The highest BCUT2D eigenvalue weighted by Gasteiger charge is 2.08. The number of rotatable bonds is 8. The number of carbonyl (C=O) groups excluding carboxylic acids is 1. The molecule has 0 aliphatic rings. The van der Waals surface area contributed by atoms with Crippen molar-refractivity contribution < 1.29 is 4.79 Å². The molecule has 0 fully saturated rings. The largest absolute Gasteiger partial charge is 0.363 e. The second-order valence-electron chi connectivity index (χ2n) is 5.29. The summed E-state index contributed by atoms with van der Waals surface area (Å²) >= 11 is 0. The van der Waals surface area contributed by atoms with Crippen molar-refractivity contribution in [2.45, 2.75) is 19.8 Å². The molecule has 0 radical (unpaired) electrons. The Kier molecular flexibility index (Phi) is 6.49. The molecule has 0 aliphatic heterocycles. The van der Waals surface area contributed by atoms with Crippen LogP contribution in [0, 0.1) is 0 Å². The van der Waals surface area contributed by atoms with Crippen LogP contribution in [0.4, 0.5) is 5.69 Å². The first-order valence-corrected chi connectivity index (χ1v) is 7.90. The van der Waals surface area contributed by atoms with Gasteiger partial charge in [-0.3, -0.25) is 4.79 Å². The second kappa shape index (κ2) is 8.88. The van der Waals surface area contributed by atoms with Gasteiger partial charge in [0.2, 0.25) is 5.91 Å². The van der Waals surface area contributed by atoms with Crippen LogP contribution in [0.25, 0.3) is 0 Å². The van der Waals surface area contributed by atoms with Crippen LogP contribution in [0.2, 0.25) is 0 Å². The summed E-state index contributed by atoms with van der Waals surface area (Å²) in [7, 11) is 0. The van der Waals surface area contributed by atoms with Crippen LogP contribution in [0.15, 0.2) is 60.7 Å². The fourth-order valence-corrected chi connectivity index (χ4v) is 2.42. The smallest absolute Gasteiger partial charge is 0.239 e. The molecule has 0 saturated heterocycles. The zero-order chi connectivity index (χ0) is 15.6. The third-order valence-electron chi connectivity index (χ3n) is 3.64. The van der Waals surface area contributed by atoms with Gasteiger partial charge in [-0.2, -0.15) is 0 Å². The predicted molar refractivity (Wildman–Crippen MR) is 92.1 cm³/mol. The van der Waals surface area contributed by atoms with E-state index in [2.05, 4.69) is 29.3 Å². The molecule has 0 aromatic heterocycles. The van der Waals surface area contributed by atoms with Crippen LogP contribution in [0.5, 0.6) is 0 Å². The molecule has 116 valence electrons. The lowest BCUT2D eigenvalue weighted by Gasteiger charge is -2.22. The van der Waals surface area contributed by atoms with E-state index in [0.717, 1.165) is 31.6 Å². The van der Waals surface area contributed by atoms with Gasteiger partial charge in [-0.05, 0) is 37.5 Å². The maximum absolute atomic E-state index is 12.0. The van der Waals surface area contributed by atoms with Gasteiger partial charge in [0.05, 0.1) is 6.54 Å². The minimum Gasteiger partial charge on any atom is -0.363 e. The summed E-state index contributed by atoms with van der Waals surface area (Å²) < 4.78 is 0. The number of benzene rings is 2. The van der Waals surface area contributed by atoms with Gasteiger partial charge in [-0.25, -0.2) is 0 Å². The van der Waals surface area contributed by atoms with E-state index in [0.29, 0.717) is 6.54 Å². The molecule has 0 saturated carbocycles. The highest BCUT2D eigenvalue weighted by Crippen LogP contribution is 2.12. The van der Waals surface area contributed by atoms with Gasteiger partial charge in [0.15, 0.2) is 0 Å². The van der Waals surface area contributed by atoms with E-state index in [1.807, 2.05) is 48.5 Å². The maximum atomic E-state index is 12.0. The van der Waals surface area contributed by atoms with Crippen molar-refractivity contribution in [2.75, 3.05) is 24.5 Å². The molecule has 1 amide bonds. The summed E-state index contributed by atoms with van der Waals surface area (Å²) in [4.78, 5) is 14.1. The molecule has 1 N–H and O–H groups in total. The minimum absolute atomic E-state index is 0.0822. The van der Waals surface area contributed by atoms with Gasteiger partial charge in [0, 0.05) is 18.8 Å². The van der Waals surface area contributed by atoms with Gasteiger partial charge in [0.25, 0.3) is 0 Å². The minimum atomic E-state index is 0.0822. The molecule has 0 aliphatic carbocycles. The summed E-state index contributed by atoms with van der Waals surface area (Å²) in [5, 5.41) is 3.01. The Balaban J connectivity index is 1.71. The van der Waals surface area contributed by atoms with Crippen LogP contribution < -0.4 is 10.2 Å². The van der Waals surface area contributed by atoms with E-state index in [1.165, 1.54) is 5.56 Å². The maximum Gasteiger partial charge on any atom is 0.239 e. The van der Waals surface area contributed by atoms with Crippen molar-refractivity contribution in [2.24, 2.45) is 0 Å². The molecular formula is C19H24N2O. The first-order valence-electron chi connectivity index (χ1n) is 7.90. The van der Waals surface area contributed by atoms with E-state index in [4.69, 9.17) is 0 Å². The average molecular weight is 296 g/mol. The quantitative estimate of drug-likeness (QED) is 0.758. The summed E-state index contributed by atoms with van der Waals surface area (Å²) in [6.45, 7) is 4.02. The SMILES string of the molecule is CCN(CC(=O)NCCCc1ccccc1)c1ccccc1. The van der Waals surface area contributed by atoms with Gasteiger partial charge in [0.1, 0.15) is 0 Å². The van der Waals surface area contributed by atoms with Crippen molar-refractivity contribution in [3.05, 3.63) is 66.2 Å². The van der Waals surface area contributed by atoms with Crippen LogP contribution in [0.1, 0.15) is 18.9 Å². The molecule has 22 heavy (non-hydrogen) atoms. The number of hydrogen-bond acceptors (Lipinski definition) is 2. The van der Waals surface area contributed by atoms with Crippen molar-refractivity contribution in [3.8, 4) is 0 Å². The molecule has 2 rings (SSSR count). The third-order valence-corrected chi connectivity index (χ3v) is 3.64. The normalized spacial score (nSPS) is 10.2. The predicted octanol–water partition coefficient (Wildman–Crippen LogP) is 3.26. The lowest BCUT2D eigenvalue weighted by molar-refractivity contribution is -0.119.